The van der Waals surface area contributed by atoms with Crippen molar-refractivity contribution in [1.29, 1.82) is 0 Å². The lowest BCUT2D eigenvalue weighted by Crippen LogP contribution is -2.59. The Labute approximate surface area is 260 Å². The molecule has 224 valence electrons. The number of likely N-dealkylation sites (tertiary alicyclic amines) is 1. The fourth-order valence-electron chi connectivity index (χ4n) is 6.67. The Balaban J connectivity index is 1.76. The number of aliphatic hydroxyl groups is 1. The van der Waals surface area contributed by atoms with Crippen LogP contribution in [0.25, 0.3) is 0 Å². The summed E-state index contributed by atoms with van der Waals surface area (Å²) in [5.41, 5.74) is 0.638. The van der Waals surface area contributed by atoms with Crippen LogP contribution in [0.1, 0.15) is 46.0 Å². The summed E-state index contributed by atoms with van der Waals surface area (Å²) in [5, 5.41) is 10.9. The Bertz CT molecular complexity index is 1150. The number of carbonyl (C=O) groups excluding carboxylic acids is 3. The van der Waals surface area contributed by atoms with E-state index in [4.69, 9.17) is 16.3 Å². The highest BCUT2D eigenvalue weighted by Gasteiger charge is 2.76. The van der Waals surface area contributed by atoms with Gasteiger partial charge >= 0.3 is 5.97 Å². The number of fused-ring (bicyclic) bond motifs is 1. The van der Waals surface area contributed by atoms with E-state index in [1.165, 1.54) is 0 Å². The molecule has 1 N–H and O–H groups in total. The normalized spacial score (nSPS) is 29.6. The van der Waals surface area contributed by atoms with Crippen LogP contribution in [-0.4, -0.2) is 74.5 Å². The Kier molecular flexibility index (Phi) is 10.7. The van der Waals surface area contributed by atoms with Crippen LogP contribution >= 0.6 is 39.3 Å². The number of benzene rings is 1. The van der Waals surface area contributed by atoms with Gasteiger partial charge in [-0.1, -0.05) is 60.0 Å². The zero-order valence-electron chi connectivity index (χ0n) is 23.7. The molecule has 3 aliphatic heterocycles. The molecule has 1 spiro atoms. The van der Waals surface area contributed by atoms with Crippen LogP contribution in [0.2, 0.25) is 5.02 Å². The number of amides is 2. The summed E-state index contributed by atoms with van der Waals surface area (Å²) in [6, 6.07) is 5.55. The molecule has 1 aromatic rings. The predicted octanol–water partition coefficient (Wildman–Crippen LogP) is 5.63. The predicted molar refractivity (Wildman–Crippen MR) is 168 cm³/mol. The molecule has 10 heteroatoms. The summed E-state index contributed by atoms with van der Waals surface area (Å²) in [6.07, 6.45) is 7.19. The number of carbonyl (C=O) groups is 3. The van der Waals surface area contributed by atoms with E-state index in [0.717, 1.165) is 19.3 Å². The molecule has 1 aromatic carbocycles. The third kappa shape index (κ3) is 5.89. The number of rotatable bonds is 14. The number of esters is 1. The first-order valence-electron chi connectivity index (χ1n) is 14.4. The van der Waals surface area contributed by atoms with Crippen molar-refractivity contribution in [2.24, 2.45) is 17.8 Å². The molecule has 7 nitrogen and oxygen atoms in total. The molecule has 41 heavy (non-hydrogen) atoms. The molecule has 0 radical (unpaired) electrons. The van der Waals surface area contributed by atoms with E-state index in [0.29, 0.717) is 23.6 Å². The monoisotopic (exact) mass is 666 g/mol. The van der Waals surface area contributed by atoms with Gasteiger partial charge in [0, 0.05) is 27.3 Å². The molecule has 2 amide bonds. The molecule has 2 bridgehead atoms. The van der Waals surface area contributed by atoms with E-state index in [9.17, 15) is 19.5 Å². The maximum Gasteiger partial charge on any atom is 0.310 e. The van der Waals surface area contributed by atoms with E-state index in [1.807, 2.05) is 19.9 Å². The van der Waals surface area contributed by atoms with Crippen LogP contribution in [0, 0.1) is 17.8 Å². The second-order valence-electron chi connectivity index (χ2n) is 11.2. The van der Waals surface area contributed by atoms with Crippen molar-refractivity contribution in [2.45, 2.75) is 72.9 Å². The Hall–Kier alpha value is -1.81. The molecule has 3 fully saturated rings. The third-order valence-corrected chi connectivity index (χ3v) is 12.3. The van der Waals surface area contributed by atoms with Gasteiger partial charge in [-0.3, -0.25) is 14.4 Å². The summed E-state index contributed by atoms with van der Waals surface area (Å²) in [5.74, 6) is -2.34. The lowest BCUT2D eigenvalue weighted by molar-refractivity contribution is -0.154. The lowest BCUT2D eigenvalue weighted by Gasteiger charge is -2.41. The molecule has 4 rings (SSSR count). The molecule has 0 aromatic heterocycles. The smallest absolute Gasteiger partial charge is 0.310 e. The Morgan fingerprint density at radius 2 is 2.00 bits per heavy atom. The Morgan fingerprint density at radius 3 is 2.61 bits per heavy atom. The maximum absolute atomic E-state index is 14.7. The average molecular weight is 668 g/mol. The van der Waals surface area contributed by atoms with E-state index in [2.05, 4.69) is 29.1 Å². The molecule has 3 saturated heterocycles. The summed E-state index contributed by atoms with van der Waals surface area (Å²) in [7, 11) is 0. The van der Waals surface area contributed by atoms with Crippen molar-refractivity contribution in [3.8, 4) is 0 Å². The SMILES string of the molecule is C=CCCCCOC(=O)[C@H]1[C@@H]2SC3(CC2Br)C(C(=O)N(CC=C)c2ccc(Cl)cc2)N([C@@H](CO)[C@@H](C)CC)C(=O)[C@H]13. The van der Waals surface area contributed by atoms with Crippen LogP contribution in [0.4, 0.5) is 5.69 Å². The first-order chi connectivity index (χ1) is 19.7. The number of alkyl halides is 1. The van der Waals surface area contributed by atoms with Crippen molar-refractivity contribution >= 4 is 62.8 Å². The van der Waals surface area contributed by atoms with Crippen molar-refractivity contribution < 1.29 is 24.2 Å². The molecule has 0 saturated carbocycles. The van der Waals surface area contributed by atoms with Gasteiger partial charge in [0.2, 0.25) is 5.91 Å². The second-order valence-corrected chi connectivity index (χ2v) is 14.4. The van der Waals surface area contributed by atoms with Crippen LogP contribution < -0.4 is 4.90 Å². The first kappa shape index (κ1) is 32.1. The molecule has 0 aliphatic carbocycles. The minimum atomic E-state index is -0.873. The number of hydrogen-bond donors (Lipinski definition) is 1. The Morgan fingerprint density at radius 1 is 1.29 bits per heavy atom. The summed E-state index contributed by atoms with van der Waals surface area (Å²) in [4.78, 5) is 45.9. The topological polar surface area (TPSA) is 87.2 Å². The van der Waals surface area contributed by atoms with Gasteiger partial charge in [-0.2, -0.15) is 0 Å². The van der Waals surface area contributed by atoms with Gasteiger partial charge in [-0.05, 0) is 55.9 Å². The molecule has 3 aliphatic rings. The number of nitrogens with zero attached hydrogens (tertiary/aromatic N) is 2. The van der Waals surface area contributed by atoms with Crippen LogP contribution in [0.3, 0.4) is 0 Å². The number of thioether (sulfide) groups is 1. The number of hydrogen-bond acceptors (Lipinski definition) is 6. The van der Waals surface area contributed by atoms with Crippen molar-refractivity contribution in [2.75, 3.05) is 24.7 Å². The average Bonchev–Trinajstić information content (AvgIpc) is 3.55. The minimum absolute atomic E-state index is 0.0601. The van der Waals surface area contributed by atoms with Gasteiger partial charge in [-0.15, -0.1) is 24.9 Å². The number of aliphatic hydroxyl groups excluding tert-OH is 1. The first-order valence-corrected chi connectivity index (χ1v) is 16.5. The van der Waals surface area contributed by atoms with Crippen molar-refractivity contribution in [3.63, 3.8) is 0 Å². The molecule has 3 unspecified atom stereocenters. The highest BCUT2D eigenvalue weighted by atomic mass is 79.9. The van der Waals surface area contributed by atoms with Gasteiger partial charge in [0.25, 0.3) is 5.91 Å². The number of anilines is 1. The maximum atomic E-state index is 14.7. The molecule has 8 atom stereocenters. The number of allylic oxidation sites excluding steroid dienone is 1. The third-order valence-electron chi connectivity index (χ3n) is 8.84. The zero-order valence-corrected chi connectivity index (χ0v) is 26.9. The van der Waals surface area contributed by atoms with E-state index in [1.54, 1.807) is 51.9 Å². The van der Waals surface area contributed by atoms with Crippen LogP contribution in [0.15, 0.2) is 49.6 Å². The van der Waals surface area contributed by atoms with Crippen molar-refractivity contribution in [1.82, 2.24) is 4.90 Å². The molecular formula is C31H40BrClN2O5S. The summed E-state index contributed by atoms with van der Waals surface area (Å²) in [6.45, 7) is 11.8. The highest BCUT2D eigenvalue weighted by Crippen LogP contribution is 2.68. The standard InChI is InChI=1S/C31H40BrClN2O5S/c1-5-8-9-10-16-40-30(39)24-25-28(37)35(23(18-36)19(4)7-3)27(31(25)17-22(32)26(24)41-31)29(38)34(15-6-2)21-13-11-20(33)12-14-21/h5-6,11-14,19,22-27,36H,1-2,7-10,15-18H2,3-4H3/t19-,22?,23-,24+,25-,26+,27?,31?/m0/s1. The van der Waals surface area contributed by atoms with Gasteiger partial charge in [0.15, 0.2) is 0 Å². The van der Waals surface area contributed by atoms with Gasteiger partial charge < -0.3 is 19.6 Å². The molecule has 3 heterocycles. The summed E-state index contributed by atoms with van der Waals surface area (Å²) < 4.78 is 4.89. The quantitative estimate of drug-likeness (QED) is 0.120. The minimum Gasteiger partial charge on any atom is -0.465 e. The van der Waals surface area contributed by atoms with E-state index in [-0.39, 0.29) is 53.5 Å². The van der Waals surface area contributed by atoms with Gasteiger partial charge in [0.1, 0.15) is 6.04 Å². The van der Waals surface area contributed by atoms with Gasteiger partial charge in [0.05, 0.1) is 35.8 Å². The molecular weight excluding hydrogens is 628 g/mol. The van der Waals surface area contributed by atoms with Crippen molar-refractivity contribution in [3.05, 3.63) is 54.6 Å². The second kappa shape index (κ2) is 13.7. The number of halogens is 2. The lowest BCUT2D eigenvalue weighted by atomic mass is 9.71. The summed E-state index contributed by atoms with van der Waals surface area (Å²) >= 11 is 11.5. The highest BCUT2D eigenvalue weighted by molar-refractivity contribution is 9.09. The van der Waals surface area contributed by atoms with Gasteiger partial charge in [-0.25, -0.2) is 0 Å². The fourth-order valence-corrected chi connectivity index (χ4v) is 10.4. The zero-order chi connectivity index (χ0) is 29.9. The number of unbranched alkanes of at least 4 members (excludes halogenated alkanes) is 2. The fraction of sp³-hybridized carbons (Fsp3) is 0.581. The van der Waals surface area contributed by atoms with E-state index < -0.39 is 28.7 Å². The van der Waals surface area contributed by atoms with E-state index >= 15 is 0 Å². The van der Waals surface area contributed by atoms with Crippen LogP contribution in [-0.2, 0) is 19.1 Å². The van der Waals surface area contributed by atoms with Crippen LogP contribution in [0.5, 0.6) is 0 Å². The largest absolute Gasteiger partial charge is 0.465 e. The number of ether oxygens (including phenoxy) is 1.